The maximum absolute atomic E-state index is 12.0. The molecule has 0 aromatic heterocycles. The van der Waals surface area contributed by atoms with Crippen molar-refractivity contribution in [1.29, 1.82) is 0 Å². The molecule has 0 bridgehead atoms. The molecule has 2 aromatic carbocycles. The molecule has 3 nitrogen and oxygen atoms in total. The SMILES string of the molecule is Cc1cccc(/C=C/NC(=O)Nc2c(C)cc(C)cc2C)c1. The fourth-order valence-electron chi connectivity index (χ4n) is 2.51. The van der Waals surface area contributed by atoms with Crippen LogP contribution in [0.25, 0.3) is 6.08 Å². The summed E-state index contributed by atoms with van der Waals surface area (Å²) in [6.45, 7) is 8.09. The lowest BCUT2D eigenvalue weighted by molar-refractivity contribution is 0.255. The van der Waals surface area contributed by atoms with Crippen molar-refractivity contribution in [2.45, 2.75) is 27.7 Å². The van der Waals surface area contributed by atoms with Crippen LogP contribution in [0.5, 0.6) is 0 Å². The molecule has 2 aromatic rings. The van der Waals surface area contributed by atoms with Gasteiger partial charge >= 0.3 is 6.03 Å². The molecule has 0 unspecified atom stereocenters. The number of hydrogen-bond acceptors (Lipinski definition) is 1. The predicted octanol–water partition coefficient (Wildman–Crippen LogP) is 4.71. The summed E-state index contributed by atoms with van der Waals surface area (Å²) in [6, 6.07) is 12.0. The van der Waals surface area contributed by atoms with Crippen LogP contribution >= 0.6 is 0 Å². The third-order valence-corrected chi connectivity index (χ3v) is 3.45. The number of nitrogens with one attached hydrogen (secondary N) is 2. The molecule has 0 fully saturated rings. The molecule has 0 heterocycles. The van der Waals surface area contributed by atoms with E-state index < -0.39 is 0 Å². The van der Waals surface area contributed by atoms with E-state index in [0.717, 1.165) is 22.4 Å². The second-order valence-electron chi connectivity index (χ2n) is 5.62. The van der Waals surface area contributed by atoms with E-state index in [1.54, 1.807) is 6.20 Å². The van der Waals surface area contributed by atoms with E-state index >= 15 is 0 Å². The molecule has 0 saturated heterocycles. The first-order valence-corrected chi connectivity index (χ1v) is 7.34. The molecule has 2 rings (SSSR count). The first-order chi connectivity index (χ1) is 10.5. The highest BCUT2D eigenvalue weighted by Crippen LogP contribution is 2.21. The summed E-state index contributed by atoms with van der Waals surface area (Å²) in [7, 11) is 0. The topological polar surface area (TPSA) is 41.1 Å². The molecule has 3 heteroatoms. The zero-order valence-electron chi connectivity index (χ0n) is 13.5. The van der Waals surface area contributed by atoms with Gasteiger partial charge in [-0.3, -0.25) is 0 Å². The van der Waals surface area contributed by atoms with Crippen molar-refractivity contribution in [3.63, 3.8) is 0 Å². The Morgan fingerprint density at radius 1 is 0.955 bits per heavy atom. The molecule has 2 amide bonds. The Morgan fingerprint density at radius 3 is 2.27 bits per heavy atom. The Bertz CT molecular complexity index is 694. The Morgan fingerprint density at radius 2 is 1.64 bits per heavy atom. The first kappa shape index (κ1) is 15.8. The quantitative estimate of drug-likeness (QED) is 0.845. The van der Waals surface area contributed by atoms with Gasteiger partial charge in [-0.05, 0) is 50.5 Å². The Hall–Kier alpha value is -2.55. The summed E-state index contributed by atoms with van der Waals surface area (Å²) in [4.78, 5) is 12.0. The summed E-state index contributed by atoms with van der Waals surface area (Å²) in [6.07, 6.45) is 3.53. The van der Waals surface area contributed by atoms with Gasteiger partial charge in [-0.15, -0.1) is 0 Å². The molecule has 0 aliphatic rings. The lowest BCUT2D eigenvalue weighted by Gasteiger charge is -2.12. The largest absolute Gasteiger partial charge is 0.323 e. The van der Waals surface area contributed by atoms with Crippen molar-refractivity contribution in [2.75, 3.05) is 5.32 Å². The van der Waals surface area contributed by atoms with E-state index in [2.05, 4.69) is 35.8 Å². The second-order valence-corrected chi connectivity index (χ2v) is 5.62. The van der Waals surface area contributed by atoms with Gasteiger partial charge in [0.1, 0.15) is 0 Å². The first-order valence-electron chi connectivity index (χ1n) is 7.34. The number of carbonyl (C=O) groups is 1. The molecule has 114 valence electrons. The highest BCUT2D eigenvalue weighted by atomic mass is 16.2. The van der Waals surface area contributed by atoms with E-state index in [4.69, 9.17) is 0 Å². The minimum atomic E-state index is -0.237. The van der Waals surface area contributed by atoms with Crippen molar-refractivity contribution in [1.82, 2.24) is 5.32 Å². The van der Waals surface area contributed by atoms with Crippen LogP contribution in [0.3, 0.4) is 0 Å². The van der Waals surface area contributed by atoms with Gasteiger partial charge in [-0.2, -0.15) is 0 Å². The highest BCUT2D eigenvalue weighted by molar-refractivity contribution is 5.92. The Kier molecular flexibility index (Phi) is 4.99. The average molecular weight is 294 g/mol. The van der Waals surface area contributed by atoms with Crippen molar-refractivity contribution < 1.29 is 4.79 Å². The average Bonchev–Trinajstić information content (AvgIpc) is 2.43. The zero-order chi connectivity index (χ0) is 16.1. The maximum atomic E-state index is 12.0. The number of anilines is 1. The van der Waals surface area contributed by atoms with Crippen LogP contribution in [0.4, 0.5) is 10.5 Å². The van der Waals surface area contributed by atoms with Gasteiger partial charge in [0.05, 0.1) is 0 Å². The van der Waals surface area contributed by atoms with Gasteiger partial charge in [-0.1, -0.05) is 47.5 Å². The van der Waals surface area contributed by atoms with Crippen LogP contribution in [0.1, 0.15) is 27.8 Å². The molecule has 0 aliphatic carbocycles. The van der Waals surface area contributed by atoms with Crippen LogP contribution in [-0.4, -0.2) is 6.03 Å². The maximum Gasteiger partial charge on any atom is 0.323 e. The molecule has 22 heavy (non-hydrogen) atoms. The van der Waals surface area contributed by atoms with Crippen LogP contribution < -0.4 is 10.6 Å². The van der Waals surface area contributed by atoms with Gasteiger partial charge in [0.2, 0.25) is 0 Å². The molecule has 0 spiro atoms. The van der Waals surface area contributed by atoms with Crippen LogP contribution in [-0.2, 0) is 0 Å². The molecular weight excluding hydrogens is 272 g/mol. The predicted molar refractivity (Wildman–Crippen MR) is 93.0 cm³/mol. The van der Waals surface area contributed by atoms with Gasteiger partial charge < -0.3 is 10.6 Å². The third-order valence-electron chi connectivity index (χ3n) is 3.45. The summed E-state index contributed by atoms with van der Waals surface area (Å²) in [5.74, 6) is 0. The van der Waals surface area contributed by atoms with Gasteiger partial charge in [0.15, 0.2) is 0 Å². The van der Waals surface area contributed by atoms with Crippen LogP contribution in [0.2, 0.25) is 0 Å². The van der Waals surface area contributed by atoms with E-state index in [1.807, 2.05) is 45.0 Å². The smallest absolute Gasteiger partial charge is 0.314 e. The second kappa shape index (κ2) is 6.94. The van der Waals surface area contributed by atoms with Crippen LogP contribution in [0, 0.1) is 27.7 Å². The number of carbonyl (C=O) groups excluding carboxylic acids is 1. The number of hydrogen-bond donors (Lipinski definition) is 2. The number of rotatable bonds is 3. The van der Waals surface area contributed by atoms with Gasteiger partial charge in [-0.25, -0.2) is 4.79 Å². The monoisotopic (exact) mass is 294 g/mol. The summed E-state index contributed by atoms with van der Waals surface area (Å²) in [5, 5.41) is 5.64. The number of amides is 2. The van der Waals surface area contributed by atoms with Crippen molar-refractivity contribution in [3.8, 4) is 0 Å². The molecule has 0 aliphatic heterocycles. The number of aryl methyl sites for hydroxylation is 4. The molecule has 0 saturated carbocycles. The zero-order valence-corrected chi connectivity index (χ0v) is 13.5. The molecular formula is C19H22N2O. The van der Waals surface area contributed by atoms with Crippen LogP contribution in [0.15, 0.2) is 42.6 Å². The Labute approximate surface area is 132 Å². The highest BCUT2D eigenvalue weighted by Gasteiger charge is 2.06. The lowest BCUT2D eigenvalue weighted by Crippen LogP contribution is -2.24. The molecule has 0 radical (unpaired) electrons. The number of benzene rings is 2. The van der Waals surface area contributed by atoms with E-state index in [0.29, 0.717) is 0 Å². The fourth-order valence-corrected chi connectivity index (χ4v) is 2.51. The van der Waals surface area contributed by atoms with Crippen molar-refractivity contribution in [3.05, 3.63) is 70.4 Å². The van der Waals surface area contributed by atoms with Gasteiger partial charge in [0.25, 0.3) is 0 Å². The minimum absolute atomic E-state index is 0.237. The van der Waals surface area contributed by atoms with Crippen molar-refractivity contribution in [2.24, 2.45) is 0 Å². The number of urea groups is 1. The van der Waals surface area contributed by atoms with Crippen molar-refractivity contribution >= 4 is 17.8 Å². The third kappa shape index (κ3) is 4.22. The minimum Gasteiger partial charge on any atom is -0.314 e. The normalized spacial score (nSPS) is 10.7. The Balaban J connectivity index is 1.99. The molecule has 0 atom stereocenters. The fraction of sp³-hybridized carbons (Fsp3) is 0.211. The summed E-state index contributed by atoms with van der Waals surface area (Å²) >= 11 is 0. The van der Waals surface area contributed by atoms with E-state index in [-0.39, 0.29) is 6.03 Å². The summed E-state index contributed by atoms with van der Waals surface area (Å²) in [5.41, 5.74) is 6.44. The standard InChI is InChI=1S/C19H22N2O/c1-13-6-5-7-17(12-13)8-9-20-19(22)21-18-15(3)10-14(2)11-16(18)4/h5-12H,1-4H3,(H2,20,21,22)/b9-8+. The molecule has 2 N–H and O–H groups in total. The van der Waals surface area contributed by atoms with E-state index in [9.17, 15) is 4.79 Å². The van der Waals surface area contributed by atoms with Gasteiger partial charge in [0, 0.05) is 11.9 Å². The van der Waals surface area contributed by atoms with E-state index in [1.165, 1.54) is 11.1 Å². The summed E-state index contributed by atoms with van der Waals surface area (Å²) < 4.78 is 0. The lowest BCUT2D eigenvalue weighted by atomic mass is 10.1.